The van der Waals surface area contributed by atoms with Gasteiger partial charge in [0.2, 0.25) is 5.91 Å². The highest BCUT2D eigenvalue weighted by atomic mass is 19.1. The summed E-state index contributed by atoms with van der Waals surface area (Å²) >= 11 is 0. The van der Waals surface area contributed by atoms with E-state index in [0.717, 1.165) is 31.5 Å². The fourth-order valence-corrected chi connectivity index (χ4v) is 2.91. The Hall–Kier alpha value is -1.46. The molecule has 0 aromatic heterocycles. The number of nitrogens with one attached hydrogen (secondary N) is 2. The van der Waals surface area contributed by atoms with Crippen LogP contribution >= 0.6 is 0 Å². The van der Waals surface area contributed by atoms with E-state index in [2.05, 4.69) is 10.6 Å². The van der Waals surface area contributed by atoms with Crippen LogP contribution in [0.15, 0.2) is 24.3 Å². The highest BCUT2D eigenvalue weighted by Crippen LogP contribution is 2.18. The number of halogens is 1. The van der Waals surface area contributed by atoms with E-state index < -0.39 is 0 Å². The highest BCUT2D eigenvalue weighted by Gasteiger charge is 2.18. The van der Waals surface area contributed by atoms with Crippen LogP contribution in [0.25, 0.3) is 0 Å². The van der Waals surface area contributed by atoms with E-state index in [1.165, 1.54) is 12.1 Å². The van der Waals surface area contributed by atoms with Gasteiger partial charge in [-0.15, -0.1) is 0 Å². The third-order valence-electron chi connectivity index (χ3n) is 4.29. The van der Waals surface area contributed by atoms with Crippen LogP contribution in [0.2, 0.25) is 0 Å². The number of benzene rings is 1. The summed E-state index contributed by atoms with van der Waals surface area (Å²) < 4.78 is 13.4. The second-order valence-corrected chi connectivity index (χ2v) is 6.24. The van der Waals surface area contributed by atoms with Gasteiger partial charge in [-0.1, -0.05) is 12.1 Å². The minimum atomic E-state index is -0.246. The van der Waals surface area contributed by atoms with Crippen molar-refractivity contribution in [2.45, 2.75) is 25.3 Å². The zero-order valence-electron chi connectivity index (χ0n) is 13.4. The Morgan fingerprint density at radius 3 is 2.95 bits per heavy atom. The van der Waals surface area contributed by atoms with E-state index >= 15 is 0 Å². The molecule has 5 heteroatoms. The first-order valence-electron chi connectivity index (χ1n) is 7.95. The average Bonchev–Trinajstić information content (AvgIpc) is 2.98. The summed E-state index contributed by atoms with van der Waals surface area (Å²) in [4.78, 5) is 14.0. The third-order valence-corrected chi connectivity index (χ3v) is 4.29. The van der Waals surface area contributed by atoms with Gasteiger partial charge in [-0.2, -0.15) is 0 Å². The van der Waals surface area contributed by atoms with E-state index in [1.54, 1.807) is 6.07 Å². The Morgan fingerprint density at radius 1 is 1.50 bits per heavy atom. The van der Waals surface area contributed by atoms with Gasteiger partial charge in [-0.3, -0.25) is 4.79 Å². The van der Waals surface area contributed by atoms with Crippen LogP contribution in [-0.2, 0) is 4.79 Å². The number of hydrogen-bond acceptors (Lipinski definition) is 3. The topological polar surface area (TPSA) is 44.4 Å². The summed E-state index contributed by atoms with van der Waals surface area (Å²) in [6, 6.07) is 6.54. The number of likely N-dealkylation sites (N-methyl/N-ethyl adjacent to an activating group) is 1. The maximum absolute atomic E-state index is 13.4. The van der Waals surface area contributed by atoms with Crippen LogP contribution in [0, 0.1) is 11.7 Å². The summed E-state index contributed by atoms with van der Waals surface area (Å²) in [5.41, 5.74) is 0.880. The fraction of sp³-hybridized carbons (Fsp3) is 0.588. The molecular weight excluding hydrogens is 281 g/mol. The van der Waals surface area contributed by atoms with Crippen molar-refractivity contribution >= 4 is 5.91 Å². The molecule has 1 saturated heterocycles. The van der Waals surface area contributed by atoms with Gasteiger partial charge < -0.3 is 15.5 Å². The standard InChI is InChI=1S/C17H26FN3O/c1-21(2)16(14-4-3-5-15(18)10-14)12-20-17(22)7-6-13-8-9-19-11-13/h3-5,10,13,16,19H,6-9,11-12H2,1-2H3,(H,20,22). The number of carbonyl (C=O) groups excluding carboxylic acids is 1. The van der Waals surface area contributed by atoms with Crippen molar-refractivity contribution in [3.63, 3.8) is 0 Å². The van der Waals surface area contributed by atoms with Gasteiger partial charge >= 0.3 is 0 Å². The Balaban J connectivity index is 1.82. The number of nitrogens with zero attached hydrogens (tertiary/aromatic N) is 1. The summed E-state index contributed by atoms with van der Waals surface area (Å²) in [5.74, 6) is 0.457. The van der Waals surface area contributed by atoms with Crippen LogP contribution < -0.4 is 10.6 Å². The molecule has 1 aliphatic heterocycles. The molecule has 1 fully saturated rings. The Labute approximate surface area is 132 Å². The molecule has 0 aliphatic carbocycles. The summed E-state index contributed by atoms with van der Waals surface area (Å²) in [5, 5.41) is 6.30. The first kappa shape index (κ1) is 16.9. The Bertz CT molecular complexity index is 487. The number of carbonyl (C=O) groups is 1. The molecule has 22 heavy (non-hydrogen) atoms. The van der Waals surface area contributed by atoms with Gasteiger partial charge in [-0.25, -0.2) is 4.39 Å². The predicted octanol–water partition coefficient (Wildman–Crippen LogP) is 1.93. The maximum Gasteiger partial charge on any atom is 0.220 e. The monoisotopic (exact) mass is 307 g/mol. The molecule has 2 unspecified atom stereocenters. The third kappa shape index (κ3) is 5.07. The molecule has 0 bridgehead atoms. The second-order valence-electron chi connectivity index (χ2n) is 6.24. The maximum atomic E-state index is 13.4. The quantitative estimate of drug-likeness (QED) is 0.809. The van der Waals surface area contributed by atoms with Crippen molar-refractivity contribution in [1.82, 2.24) is 15.5 Å². The van der Waals surface area contributed by atoms with Gasteiger partial charge in [-0.05, 0) is 63.6 Å². The zero-order chi connectivity index (χ0) is 15.9. The second kappa shape index (κ2) is 8.25. The highest BCUT2D eigenvalue weighted by molar-refractivity contribution is 5.75. The van der Waals surface area contributed by atoms with Gasteiger partial charge in [0.1, 0.15) is 5.82 Å². The molecule has 0 radical (unpaired) electrons. The number of hydrogen-bond donors (Lipinski definition) is 2. The summed E-state index contributed by atoms with van der Waals surface area (Å²) in [6.45, 7) is 2.59. The van der Waals surface area contributed by atoms with E-state index in [4.69, 9.17) is 0 Å². The first-order chi connectivity index (χ1) is 10.6. The van der Waals surface area contributed by atoms with Crippen LogP contribution in [0.3, 0.4) is 0 Å². The largest absolute Gasteiger partial charge is 0.354 e. The molecule has 1 heterocycles. The lowest BCUT2D eigenvalue weighted by molar-refractivity contribution is -0.121. The minimum absolute atomic E-state index is 0.0206. The molecule has 0 saturated carbocycles. The van der Waals surface area contributed by atoms with Crippen LogP contribution in [0.1, 0.15) is 30.9 Å². The predicted molar refractivity (Wildman–Crippen MR) is 86.0 cm³/mol. The minimum Gasteiger partial charge on any atom is -0.354 e. The lowest BCUT2D eigenvalue weighted by atomic mass is 10.0. The van der Waals surface area contributed by atoms with Gasteiger partial charge in [0.15, 0.2) is 0 Å². The van der Waals surface area contributed by atoms with Crippen LogP contribution in [-0.4, -0.2) is 44.5 Å². The molecule has 122 valence electrons. The van der Waals surface area contributed by atoms with Crippen LogP contribution in [0.4, 0.5) is 4.39 Å². The Morgan fingerprint density at radius 2 is 2.32 bits per heavy atom. The lowest BCUT2D eigenvalue weighted by Gasteiger charge is -2.25. The molecular formula is C17H26FN3O. The van der Waals surface area contributed by atoms with Crippen LogP contribution in [0.5, 0.6) is 0 Å². The molecule has 2 N–H and O–H groups in total. The summed E-state index contributed by atoms with van der Waals surface area (Å²) in [6.07, 6.45) is 2.66. The van der Waals surface area contributed by atoms with Crippen molar-refractivity contribution in [1.29, 1.82) is 0 Å². The first-order valence-corrected chi connectivity index (χ1v) is 7.95. The van der Waals surface area contributed by atoms with E-state index in [9.17, 15) is 9.18 Å². The van der Waals surface area contributed by atoms with Crippen molar-refractivity contribution in [2.24, 2.45) is 5.92 Å². The van der Waals surface area contributed by atoms with Gasteiger partial charge in [0, 0.05) is 13.0 Å². The van der Waals surface area contributed by atoms with Crippen molar-refractivity contribution in [3.8, 4) is 0 Å². The SMILES string of the molecule is CN(C)C(CNC(=O)CCC1CCNC1)c1cccc(F)c1. The smallest absolute Gasteiger partial charge is 0.220 e. The molecule has 1 amide bonds. The molecule has 0 spiro atoms. The molecule has 1 aromatic rings. The average molecular weight is 307 g/mol. The van der Waals surface area contributed by atoms with E-state index in [1.807, 2.05) is 25.1 Å². The fourth-order valence-electron chi connectivity index (χ4n) is 2.91. The number of amides is 1. The zero-order valence-corrected chi connectivity index (χ0v) is 13.4. The summed E-state index contributed by atoms with van der Waals surface area (Å²) in [7, 11) is 3.87. The molecule has 1 aliphatic rings. The van der Waals surface area contributed by atoms with Crippen molar-refractivity contribution in [3.05, 3.63) is 35.6 Å². The lowest BCUT2D eigenvalue weighted by Crippen LogP contribution is -2.34. The van der Waals surface area contributed by atoms with Gasteiger partial charge in [0.05, 0.1) is 6.04 Å². The van der Waals surface area contributed by atoms with Gasteiger partial charge in [0.25, 0.3) is 0 Å². The molecule has 1 aromatic carbocycles. The van der Waals surface area contributed by atoms with E-state index in [-0.39, 0.29) is 17.8 Å². The van der Waals surface area contributed by atoms with Crippen molar-refractivity contribution < 1.29 is 9.18 Å². The molecule has 4 nitrogen and oxygen atoms in total. The molecule has 2 rings (SSSR count). The Kier molecular flexibility index (Phi) is 6.34. The van der Waals surface area contributed by atoms with Crippen molar-refractivity contribution in [2.75, 3.05) is 33.7 Å². The normalized spacial score (nSPS) is 19.4. The van der Waals surface area contributed by atoms with E-state index in [0.29, 0.717) is 18.9 Å². The molecule has 2 atom stereocenters. The number of rotatable bonds is 7.